The van der Waals surface area contributed by atoms with Gasteiger partial charge in [-0.15, -0.1) is 0 Å². The Morgan fingerprint density at radius 2 is 0.950 bits per heavy atom. The molecule has 0 fully saturated rings. The predicted molar refractivity (Wildman–Crippen MR) is 246 cm³/mol. The highest BCUT2D eigenvalue weighted by Crippen LogP contribution is 2.42. The van der Waals surface area contributed by atoms with Crippen molar-refractivity contribution in [2.75, 3.05) is 0 Å². The first-order valence-corrected chi connectivity index (χ1v) is 20.2. The average molecular weight is 767 g/mol. The van der Waals surface area contributed by atoms with Crippen LogP contribution in [0.5, 0.6) is 0 Å². The highest BCUT2D eigenvalue weighted by molar-refractivity contribution is 6.12. The Balaban J connectivity index is 1.09. The van der Waals surface area contributed by atoms with Gasteiger partial charge in [-0.1, -0.05) is 164 Å². The molecule has 0 saturated heterocycles. The summed E-state index contributed by atoms with van der Waals surface area (Å²) < 4.78 is 8.73. The maximum atomic E-state index is 6.33. The Kier molecular flexibility index (Phi) is 7.78. The number of hydrogen-bond acceptors (Lipinski definition) is 4. The molecule has 12 aromatic rings. The molecule has 12 rings (SSSR count). The summed E-state index contributed by atoms with van der Waals surface area (Å²) in [7, 11) is 0. The van der Waals surface area contributed by atoms with Gasteiger partial charge in [0.25, 0.3) is 0 Å². The van der Waals surface area contributed by atoms with Crippen molar-refractivity contribution in [3.05, 3.63) is 206 Å². The van der Waals surface area contributed by atoms with Crippen LogP contribution in [-0.2, 0) is 0 Å². The van der Waals surface area contributed by atoms with Gasteiger partial charge in [0.2, 0.25) is 0 Å². The summed E-state index contributed by atoms with van der Waals surface area (Å²) in [5.41, 5.74) is 12.2. The fourth-order valence-corrected chi connectivity index (χ4v) is 8.89. The number of benzene rings is 9. The summed E-state index contributed by atoms with van der Waals surface area (Å²) in [6, 6.07) is 72.2. The molecule has 0 atom stereocenters. The van der Waals surface area contributed by atoms with Crippen molar-refractivity contribution in [3.63, 3.8) is 0 Å². The number of aromatic nitrogens is 4. The lowest BCUT2D eigenvalue weighted by Crippen LogP contribution is -2.02. The molecule has 0 aliphatic carbocycles. The van der Waals surface area contributed by atoms with Crippen molar-refractivity contribution in [1.29, 1.82) is 0 Å². The van der Waals surface area contributed by atoms with Crippen molar-refractivity contribution in [2.45, 2.75) is 0 Å². The van der Waals surface area contributed by atoms with E-state index >= 15 is 0 Å². The second-order valence-electron chi connectivity index (χ2n) is 15.2. The SMILES string of the molecule is c1ccc(-c2ccc3c(c2)c2ccccc2n3-c2ccccc2-c2ccccc2-c2nc(-c3ccc4ccccc4c3)nc(-c3cccc4oc5ccccc5c34)n2)cc1. The summed E-state index contributed by atoms with van der Waals surface area (Å²) in [5, 5.41) is 6.70. The Bertz CT molecular complexity index is 3620. The molecule has 3 aromatic heterocycles. The van der Waals surface area contributed by atoms with Crippen LogP contribution in [0.25, 0.3) is 117 Å². The van der Waals surface area contributed by atoms with Crippen LogP contribution < -0.4 is 0 Å². The number of furan rings is 1. The molecule has 0 aliphatic heterocycles. The molecule has 0 aliphatic rings. The largest absolute Gasteiger partial charge is 0.456 e. The normalized spacial score (nSPS) is 11.7. The number of hydrogen-bond donors (Lipinski definition) is 0. The molecule has 0 saturated carbocycles. The Hall–Kier alpha value is -8.15. The Morgan fingerprint density at radius 3 is 1.83 bits per heavy atom. The molecule has 0 unspecified atom stereocenters. The van der Waals surface area contributed by atoms with E-state index < -0.39 is 0 Å². The van der Waals surface area contributed by atoms with Gasteiger partial charge in [0.05, 0.1) is 16.7 Å². The molecule has 3 heterocycles. The van der Waals surface area contributed by atoms with Gasteiger partial charge in [0.15, 0.2) is 17.5 Å². The molecule has 0 radical (unpaired) electrons. The van der Waals surface area contributed by atoms with Crippen molar-refractivity contribution in [1.82, 2.24) is 19.5 Å². The zero-order chi connectivity index (χ0) is 39.6. The predicted octanol–water partition coefficient (Wildman–Crippen LogP) is 14.4. The molecule has 9 aromatic carbocycles. The monoisotopic (exact) mass is 766 g/mol. The van der Waals surface area contributed by atoms with E-state index in [1.165, 1.54) is 21.9 Å². The second-order valence-corrected chi connectivity index (χ2v) is 15.2. The third kappa shape index (κ3) is 5.52. The molecule has 5 nitrogen and oxygen atoms in total. The van der Waals surface area contributed by atoms with E-state index in [-0.39, 0.29) is 0 Å². The average Bonchev–Trinajstić information content (AvgIpc) is 3.87. The summed E-state index contributed by atoms with van der Waals surface area (Å²) in [6.45, 7) is 0. The lowest BCUT2D eigenvalue weighted by molar-refractivity contribution is 0.669. The highest BCUT2D eigenvalue weighted by atomic mass is 16.3. The Labute approximate surface area is 345 Å². The lowest BCUT2D eigenvalue weighted by Gasteiger charge is -2.17. The van der Waals surface area contributed by atoms with Crippen LogP contribution >= 0.6 is 0 Å². The van der Waals surface area contributed by atoms with Gasteiger partial charge in [-0.05, 0) is 69.9 Å². The second kappa shape index (κ2) is 13.8. The summed E-state index contributed by atoms with van der Waals surface area (Å²) >= 11 is 0. The molecule has 0 spiro atoms. The quantitative estimate of drug-likeness (QED) is 0.169. The minimum Gasteiger partial charge on any atom is -0.456 e. The fraction of sp³-hybridized carbons (Fsp3) is 0. The molecular formula is C55H34N4O. The molecular weight excluding hydrogens is 733 g/mol. The molecule has 60 heavy (non-hydrogen) atoms. The van der Waals surface area contributed by atoms with Crippen LogP contribution in [0, 0.1) is 0 Å². The van der Waals surface area contributed by atoms with Crippen molar-refractivity contribution >= 4 is 54.5 Å². The van der Waals surface area contributed by atoms with Crippen LogP contribution in [0.1, 0.15) is 0 Å². The van der Waals surface area contributed by atoms with Gasteiger partial charge in [0.1, 0.15) is 11.2 Å². The number of rotatable bonds is 6. The first-order valence-electron chi connectivity index (χ1n) is 20.2. The van der Waals surface area contributed by atoms with Crippen molar-refractivity contribution in [2.24, 2.45) is 0 Å². The van der Waals surface area contributed by atoms with Gasteiger partial charge in [-0.2, -0.15) is 0 Å². The fourth-order valence-electron chi connectivity index (χ4n) is 8.89. The van der Waals surface area contributed by atoms with Gasteiger partial charge in [-0.25, -0.2) is 15.0 Å². The first kappa shape index (κ1) is 33.9. The third-order valence-corrected chi connectivity index (χ3v) is 11.7. The standard InChI is InChI=1S/C55H34N4O/c1-2-15-35(16-3-1)38-31-32-49-46(34-38)42-21-9-12-26-48(42)59(49)47-25-11-8-20-41(47)40-19-6-7-22-43(40)54-56-53(39-30-29-36-17-4-5-18-37(36)33-39)57-55(58-54)45-24-14-28-51-52(45)44-23-10-13-27-50(44)60-51/h1-34H. The summed E-state index contributed by atoms with van der Waals surface area (Å²) in [4.78, 5) is 15.9. The minimum atomic E-state index is 0.583. The zero-order valence-electron chi connectivity index (χ0n) is 32.3. The van der Waals surface area contributed by atoms with E-state index in [2.05, 4.69) is 180 Å². The molecule has 0 amide bonds. The maximum Gasteiger partial charge on any atom is 0.164 e. The molecule has 0 bridgehead atoms. The summed E-state index contributed by atoms with van der Waals surface area (Å²) in [5.74, 6) is 1.78. The van der Waals surface area contributed by atoms with E-state index in [1.807, 2.05) is 30.3 Å². The van der Waals surface area contributed by atoms with Crippen LogP contribution in [0.15, 0.2) is 211 Å². The van der Waals surface area contributed by atoms with E-state index in [0.717, 1.165) is 77.2 Å². The number of nitrogens with zero attached hydrogens (tertiary/aromatic N) is 4. The van der Waals surface area contributed by atoms with Gasteiger partial charge < -0.3 is 8.98 Å². The van der Waals surface area contributed by atoms with E-state index in [4.69, 9.17) is 19.4 Å². The van der Waals surface area contributed by atoms with Crippen LogP contribution in [0.4, 0.5) is 0 Å². The van der Waals surface area contributed by atoms with Crippen molar-refractivity contribution < 1.29 is 4.42 Å². The summed E-state index contributed by atoms with van der Waals surface area (Å²) in [6.07, 6.45) is 0. The van der Waals surface area contributed by atoms with Crippen LogP contribution in [0.2, 0.25) is 0 Å². The molecule has 280 valence electrons. The van der Waals surface area contributed by atoms with E-state index in [0.29, 0.717) is 17.5 Å². The van der Waals surface area contributed by atoms with Gasteiger partial charge in [-0.3, -0.25) is 0 Å². The number of fused-ring (bicyclic) bond motifs is 7. The molecule has 0 N–H and O–H groups in total. The minimum absolute atomic E-state index is 0.583. The number of para-hydroxylation sites is 3. The first-order chi connectivity index (χ1) is 29.7. The van der Waals surface area contributed by atoms with Crippen LogP contribution in [-0.4, -0.2) is 19.5 Å². The van der Waals surface area contributed by atoms with Gasteiger partial charge in [0, 0.05) is 43.8 Å². The highest BCUT2D eigenvalue weighted by Gasteiger charge is 2.22. The zero-order valence-corrected chi connectivity index (χ0v) is 32.3. The van der Waals surface area contributed by atoms with Crippen molar-refractivity contribution in [3.8, 4) is 62.1 Å². The van der Waals surface area contributed by atoms with Gasteiger partial charge >= 0.3 is 0 Å². The van der Waals surface area contributed by atoms with E-state index in [9.17, 15) is 0 Å². The molecule has 5 heteroatoms. The van der Waals surface area contributed by atoms with E-state index in [1.54, 1.807) is 0 Å². The maximum absolute atomic E-state index is 6.33. The lowest BCUT2D eigenvalue weighted by atomic mass is 9.97. The Morgan fingerprint density at radius 1 is 0.333 bits per heavy atom. The smallest absolute Gasteiger partial charge is 0.164 e. The third-order valence-electron chi connectivity index (χ3n) is 11.7. The van der Waals surface area contributed by atoms with Crippen LogP contribution in [0.3, 0.4) is 0 Å². The topological polar surface area (TPSA) is 56.7 Å².